The monoisotopic (exact) mass is 410 g/mol. The number of aromatic amines is 1. The topological polar surface area (TPSA) is 83.8 Å². The molecule has 3 rings (SSSR count). The molecular formula is C15H15F5N4O2S. The predicted octanol–water partition coefficient (Wildman–Crippen LogP) is 4.19. The van der Waals surface area contributed by atoms with E-state index in [1.54, 1.807) is 6.92 Å². The highest BCUT2D eigenvalue weighted by atomic mass is 32.5. The lowest BCUT2D eigenvalue weighted by molar-refractivity contribution is 0.276. The van der Waals surface area contributed by atoms with Crippen LogP contribution >= 0.6 is 10.2 Å². The largest absolute Gasteiger partial charge is 0.390 e. The van der Waals surface area contributed by atoms with Crippen LogP contribution in [0.5, 0.6) is 0 Å². The van der Waals surface area contributed by atoms with Gasteiger partial charge in [0.05, 0.1) is 12.6 Å². The highest BCUT2D eigenvalue weighted by Crippen LogP contribution is 3.02. The molecule has 1 unspecified atom stereocenters. The van der Waals surface area contributed by atoms with E-state index >= 15 is 0 Å². The normalized spacial score (nSPS) is 16.1. The third kappa shape index (κ3) is 3.54. The SMILES string of the molecule is Cc1nc2c(c(CO)nn2C(C)c2ccc(S(F)(F)(F)(F)F)cc2)c(=O)[nH]1. The van der Waals surface area contributed by atoms with Gasteiger partial charge in [0.1, 0.15) is 21.8 Å². The van der Waals surface area contributed by atoms with Gasteiger partial charge >= 0.3 is 10.2 Å². The summed E-state index contributed by atoms with van der Waals surface area (Å²) in [4.78, 5) is 16.8. The molecule has 148 valence electrons. The van der Waals surface area contributed by atoms with E-state index in [9.17, 15) is 29.3 Å². The summed E-state index contributed by atoms with van der Waals surface area (Å²) in [6, 6.07) is 1.75. The van der Waals surface area contributed by atoms with Gasteiger partial charge in [0.2, 0.25) is 0 Å². The highest BCUT2D eigenvalue weighted by molar-refractivity contribution is 8.45. The third-order valence-electron chi connectivity index (χ3n) is 4.08. The van der Waals surface area contributed by atoms with E-state index in [1.807, 2.05) is 0 Å². The molecule has 6 nitrogen and oxygen atoms in total. The summed E-state index contributed by atoms with van der Waals surface area (Å²) < 4.78 is 65.5. The Bertz CT molecular complexity index is 1090. The molecule has 0 aliphatic heterocycles. The van der Waals surface area contributed by atoms with Crippen LogP contribution in [0.25, 0.3) is 11.0 Å². The molecule has 0 aliphatic carbocycles. The Labute approximate surface area is 149 Å². The van der Waals surface area contributed by atoms with Gasteiger partial charge in [0, 0.05) is 0 Å². The molecule has 2 N–H and O–H groups in total. The van der Waals surface area contributed by atoms with Crippen molar-refractivity contribution >= 4 is 21.3 Å². The lowest BCUT2D eigenvalue weighted by atomic mass is 10.1. The zero-order chi connectivity index (χ0) is 20.3. The molecule has 0 aliphatic rings. The Morgan fingerprint density at radius 1 is 1.19 bits per heavy atom. The van der Waals surface area contributed by atoms with E-state index in [1.165, 1.54) is 11.6 Å². The summed E-state index contributed by atoms with van der Waals surface area (Å²) in [6.45, 7) is 2.54. The van der Waals surface area contributed by atoms with Crippen molar-refractivity contribution in [1.82, 2.24) is 19.7 Å². The molecule has 0 saturated carbocycles. The van der Waals surface area contributed by atoms with E-state index in [4.69, 9.17) is 0 Å². The number of halogens is 5. The van der Waals surface area contributed by atoms with Gasteiger partial charge < -0.3 is 10.1 Å². The quantitative estimate of drug-likeness (QED) is 0.632. The van der Waals surface area contributed by atoms with Gasteiger partial charge in [0.15, 0.2) is 5.65 Å². The number of aliphatic hydroxyl groups excluding tert-OH is 1. The second-order valence-corrected chi connectivity index (χ2v) is 8.52. The van der Waals surface area contributed by atoms with Gasteiger partial charge in [-0.15, -0.1) is 0 Å². The number of hydrogen-bond acceptors (Lipinski definition) is 4. The van der Waals surface area contributed by atoms with Gasteiger partial charge in [-0.25, -0.2) is 9.67 Å². The number of rotatable bonds is 4. The standard InChI is InChI=1S/C15H15F5N4O2S/c1-8(10-3-5-11(6-4-10)27(16,17,18,19)20)24-14-13(12(7-25)23-24)15(26)22-9(2)21-14/h3-6,8,25H,7H2,1-2H3,(H,21,22,26). The van der Waals surface area contributed by atoms with Crippen LogP contribution in [-0.4, -0.2) is 24.9 Å². The van der Waals surface area contributed by atoms with Crippen molar-refractivity contribution in [3.8, 4) is 0 Å². The number of aryl methyl sites for hydroxylation is 1. The maximum Gasteiger partial charge on any atom is 0.310 e. The molecule has 27 heavy (non-hydrogen) atoms. The van der Waals surface area contributed by atoms with Gasteiger partial charge in [-0.1, -0.05) is 31.6 Å². The van der Waals surface area contributed by atoms with Crippen molar-refractivity contribution in [1.29, 1.82) is 0 Å². The fourth-order valence-corrected chi connectivity index (χ4v) is 3.40. The number of fused-ring (bicyclic) bond motifs is 1. The Morgan fingerprint density at radius 3 is 2.30 bits per heavy atom. The molecular weight excluding hydrogens is 395 g/mol. The molecule has 3 aromatic rings. The fourth-order valence-electron chi connectivity index (χ4n) is 2.75. The van der Waals surface area contributed by atoms with Crippen LogP contribution in [0.3, 0.4) is 0 Å². The fraction of sp³-hybridized carbons (Fsp3) is 0.267. The van der Waals surface area contributed by atoms with Crippen LogP contribution in [0.4, 0.5) is 19.4 Å². The minimum atomic E-state index is -9.75. The van der Waals surface area contributed by atoms with Crippen LogP contribution < -0.4 is 5.56 Å². The van der Waals surface area contributed by atoms with E-state index in [0.29, 0.717) is 12.1 Å². The molecule has 1 atom stereocenters. The van der Waals surface area contributed by atoms with Crippen molar-refractivity contribution in [3.05, 3.63) is 51.7 Å². The highest BCUT2D eigenvalue weighted by Gasteiger charge is 2.65. The van der Waals surface area contributed by atoms with E-state index in [2.05, 4.69) is 15.1 Å². The number of aliphatic hydroxyl groups is 1. The molecule has 0 amide bonds. The van der Waals surface area contributed by atoms with Crippen LogP contribution in [0.2, 0.25) is 0 Å². The van der Waals surface area contributed by atoms with Crippen LogP contribution in [0, 0.1) is 6.92 Å². The zero-order valence-corrected chi connectivity index (χ0v) is 14.9. The number of nitrogens with one attached hydrogen (secondary N) is 1. The van der Waals surface area contributed by atoms with E-state index in [0.717, 1.165) is 12.1 Å². The second kappa shape index (κ2) is 5.29. The number of nitrogens with zero attached hydrogens (tertiary/aromatic N) is 3. The van der Waals surface area contributed by atoms with Gasteiger partial charge in [-0.05, 0) is 31.5 Å². The van der Waals surface area contributed by atoms with Crippen molar-refractivity contribution in [2.45, 2.75) is 31.4 Å². The van der Waals surface area contributed by atoms with Crippen LogP contribution in [-0.2, 0) is 6.61 Å². The molecule has 0 radical (unpaired) electrons. The minimum Gasteiger partial charge on any atom is -0.390 e. The van der Waals surface area contributed by atoms with Crippen molar-refractivity contribution in [2.24, 2.45) is 0 Å². The lowest BCUT2D eigenvalue weighted by Crippen LogP contribution is -2.13. The average Bonchev–Trinajstić information content (AvgIpc) is 2.91. The molecule has 2 heterocycles. The molecule has 0 bridgehead atoms. The molecule has 1 aromatic carbocycles. The number of benzene rings is 1. The van der Waals surface area contributed by atoms with E-state index < -0.39 is 33.3 Å². The molecule has 2 aromatic heterocycles. The average molecular weight is 410 g/mol. The Morgan fingerprint density at radius 2 is 1.78 bits per heavy atom. The smallest absolute Gasteiger partial charge is 0.310 e. The molecule has 0 fully saturated rings. The number of aromatic nitrogens is 4. The maximum absolute atomic E-state index is 12.9. The predicted molar refractivity (Wildman–Crippen MR) is 90.5 cm³/mol. The van der Waals surface area contributed by atoms with Gasteiger partial charge in [-0.3, -0.25) is 4.79 Å². The summed E-state index contributed by atoms with van der Waals surface area (Å²) in [5, 5.41) is 13.6. The van der Waals surface area contributed by atoms with Crippen molar-refractivity contribution in [3.63, 3.8) is 0 Å². The van der Waals surface area contributed by atoms with Crippen molar-refractivity contribution < 1.29 is 24.5 Å². The lowest BCUT2D eigenvalue weighted by Gasteiger charge is -2.40. The summed E-state index contributed by atoms with van der Waals surface area (Å²) in [5.41, 5.74) is -0.0932. The van der Waals surface area contributed by atoms with Gasteiger partial charge in [-0.2, -0.15) is 5.10 Å². The molecule has 0 saturated heterocycles. The summed E-state index contributed by atoms with van der Waals surface area (Å²) in [7, 11) is -9.75. The van der Waals surface area contributed by atoms with E-state index in [-0.39, 0.29) is 28.1 Å². The van der Waals surface area contributed by atoms with Crippen molar-refractivity contribution in [2.75, 3.05) is 0 Å². The first-order chi connectivity index (χ1) is 12.2. The van der Waals surface area contributed by atoms with Crippen LogP contribution in [0.1, 0.15) is 30.0 Å². The maximum atomic E-state index is 12.9. The third-order valence-corrected chi connectivity index (χ3v) is 5.24. The first-order valence-corrected chi connectivity index (χ1v) is 9.59. The summed E-state index contributed by atoms with van der Waals surface area (Å²) in [6.07, 6.45) is 0. The molecule has 12 heteroatoms. The second-order valence-electron chi connectivity index (χ2n) is 6.11. The summed E-state index contributed by atoms with van der Waals surface area (Å²) >= 11 is 0. The number of hydrogen-bond donors (Lipinski definition) is 2. The number of H-pyrrole nitrogens is 1. The first-order valence-electron chi connectivity index (χ1n) is 7.64. The van der Waals surface area contributed by atoms with Crippen LogP contribution in [0.15, 0.2) is 34.0 Å². The first kappa shape index (κ1) is 19.3. The summed E-state index contributed by atoms with van der Waals surface area (Å²) in [5.74, 6) is 0.279. The zero-order valence-electron chi connectivity index (χ0n) is 14.1. The molecule has 0 spiro atoms. The van der Waals surface area contributed by atoms with Gasteiger partial charge in [0.25, 0.3) is 5.56 Å². The Balaban J connectivity index is 2.12. The Kier molecular flexibility index (Phi) is 3.78. The minimum absolute atomic E-state index is 0.0502. The Hall–Kier alpha value is -2.47.